The number of hydrogen-bond acceptors (Lipinski definition) is 6. The topological polar surface area (TPSA) is 76.3 Å². The van der Waals surface area contributed by atoms with Crippen molar-refractivity contribution in [1.82, 2.24) is 9.88 Å². The number of sulfone groups is 1. The Kier molecular flexibility index (Phi) is 8.04. The normalized spacial score (nSPS) is 17.8. The molecule has 1 atom stereocenters. The van der Waals surface area contributed by atoms with Crippen molar-refractivity contribution in [3.63, 3.8) is 0 Å². The summed E-state index contributed by atoms with van der Waals surface area (Å²) in [5.74, 6) is -1.07. The largest absolute Gasteiger partial charge is 0.329 e. The molecule has 5 nitrogen and oxygen atoms in total. The van der Waals surface area contributed by atoms with Crippen molar-refractivity contribution in [2.24, 2.45) is 5.73 Å². The fourth-order valence-corrected chi connectivity index (χ4v) is 6.50. The molecule has 29 heavy (non-hydrogen) atoms. The van der Waals surface area contributed by atoms with Gasteiger partial charge in [0.15, 0.2) is 9.84 Å². The van der Waals surface area contributed by atoms with Crippen molar-refractivity contribution >= 4 is 32.8 Å². The smallest absolute Gasteiger partial charge is 0.187 e. The summed E-state index contributed by atoms with van der Waals surface area (Å²) in [5, 5.41) is 2.42. The summed E-state index contributed by atoms with van der Waals surface area (Å²) < 4.78 is 39.6. The Hall–Kier alpha value is -1.06. The lowest BCUT2D eigenvalue weighted by molar-refractivity contribution is 0.253. The molecule has 0 bridgehead atoms. The van der Waals surface area contributed by atoms with E-state index in [2.05, 4.69) is 9.88 Å². The van der Waals surface area contributed by atoms with Crippen LogP contribution in [0.1, 0.15) is 42.7 Å². The summed E-state index contributed by atoms with van der Waals surface area (Å²) in [4.78, 5) is 6.06. The van der Waals surface area contributed by atoms with Crippen molar-refractivity contribution in [1.29, 1.82) is 0 Å². The average molecular weight is 460 g/mol. The van der Waals surface area contributed by atoms with Gasteiger partial charge in [-0.25, -0.2) is 17.8 Å². The van der Waals surface area contributed by atoms with Gasteiger partial charge in [0, 0.05) is 29.2 Å². The maximum atomic E-state index is 14.5. The molecule has 3 rings (SSSR count). The molecule has 0 amide bonds. The van der Waals surface area contributed by atoms with Crippen LogP contribution in [-0.4, -0.2) is 44.0 Å². The minimum atomic E-state index is -3.83. The number of thiazole rings is 1. The molecule has 0 radical (unpaired) electrons. The molecular weight excluding hydrogens is 433 g/mol. The molecule has 1 aromatic carbocycles. The Balaban J connectivity index is 1.54. The molecule has 160 valence electrons. The van der Waals surface area contributed by atoms with Crippen molar-refractivity contribution in [2.45, 2.75) is 55.2 Å². The molecule has 1 aromatic heterocycles. The molecule has 2 aromatic rings. The Morgan fingerprint density at radius 3 is 2.86 bits per heavy atom. The van der Waals surface area contributed by atoms with E-state index in [-0.39, 0.29) is 10.6 Å². The highest BCUT2D eigenvalue weighted by Gasteiger charge is 2.24. The van der Waals surface area contributed by atoms with Gasteiger partial charge in [-0.3, -0.25) is 4.90 Å². The number of hydrogen-bond donors (Lipinski definition) is 1. The second-order valence-corrected chi connectivity index (χ2v) is 10.8. The predicted molar refractivity (Wildman–Crippen MR) is 116 cm³/mol. The van der Waals surface area contributed by atoms with E-state index in [4.69, 9.17) is 17.3 Å². The van der Waals surface area contributed by atoms with Crippen LogP contribution in [0.25, 0.3) is 0 Å². The highest BCUT2D eigenvalue weighted by molar-refractivity contribution is 7.90. The van der Waals surface area contributed by atoms with Crippen LogP contribution in [0.15, 0.2) is 28.6 Å². The molecule has 1 fully saturated rings. The zero-order chi connectivity index (χ0) is 20.9. The second-order valence-electron chi connectivity index (χ2n) is 7.44. The van der Waals surface area contributed by atoms with Gasteiger partial charge in [0.1, 0.15) is 21.5 Å². The maximum Gasteiger partial charge on any atom is 0.187 e. The van der Waals surface area contributed by atoms with Gasteiger partial charge in [0.25, 0.3) is 0 Å². The van der Waals surface area contributed by atoms with Gasteiger partial charge in [0.05, 0.1) is 0 Å². The molecule has 0 aliphatic carbocycles. The van der Waals surface area contributed by atoms with Crippen molar-refractivity contribution in [3.8, 4) is 0 Å². The van der Waals surface area contributed by atoms with Crippen LogP contribution in [0, 0.1) is 5.82 Å². The van der Waals surface area contributed by atoms with E-state index in [1.54, 1.807) is 5.38 Å². The highest BCUT2D eigenvalue weighted by atomic mass is 35.5. The fourth-order valence-electron chi connectivity index (χ4n) is 3.83. The summed E-state index contributed by atoms with van der Waals surface area (Å²) in [6.07, 6.45) is 7.51. The molecule has 2 N–H and O–H groups in total. The summed E-state index contributed by atoms with van der Waals surface area (Å²) in [5.41, 5.74) is 6.46. The van der Waals surface area contributed by atoms with Crippen LogP contribution in [0.5, 0.6) is 0 Å². The minimum absolute atomic E-state index is 0.298. The quantitative estimate of drug-likeness (QED) is 0.542. The molecule has 1 aliphatic rings. The maximum absolute atomic E-state index is 14.5. The third-order valence-corrected chi connectivity index (χ3v) is 8.35. The molecule has 1 aliphatic heterocycles. The second kappa shape index (κ2) is 10.3. The molecular formula is C20H27ClFN3O2S2. The number of aryl methyl sites for hydroxylation is 1. The van der Waals surface area contributed by atoms with E-state index < -0.39 is 15.7 Å². The minimum Gasteiger partial charge on any atom is -0.329 e. The molecule has 1 saturated heterocycles. The van der Waals surface area contributed by atoms with E-state index in [9.17, 15) is 12.8 Å². The first-order valence-corrected chi connectivity index (χ1v) is 12.8. The van der Waals surface area contributed by atoms with Crippen LogP contribution >= 0.6 is 22.9 Å². The fraction of sp³-hybridized carbons (Fsp3) is 0.550. The first-order valence-electron chi connectivity index (χ1n) is 9.94. The molecule has 0 saturated carbocycles. The van der Waals surface area contributed by atoms with Gasteiger partial charge in [-0.15, -0.1) is 11.3 Å². The summed E-state index contributed by atoms with van der Waals surface area (Å²) in [7, 11) is -3.83. The number of rotatable bonds is 10. The summed E-state index contributed by atoms with van der Waals surface area (Å²) in [6.45, 7) is 2.88. The molecule has 2 heterocycles. The van der Waals surface area contributed by atoms with Gasteiger partial charge < -0.3 is 5.73 Å². The van der Waals surface area contributed by atoms with Gasteiger partial charge in [-0.1, -0.05) is 18.0 Å². The van der Waals surface area contributed by atoms with E-state index in [0.717, 1.165) is 32.4 Å². The van der Waals surface area contributed by atoms with Crippen LogP contribution in [0.3, 0.4) is 0 Å². The third kappa shape index (κ3) is 5.98. The number of nitrogens with zero attached hydrogens (tertiary/aromatic N) is 2. The van der Waals surface area contributed by atoms with Crippen LogP contribution < -0.4 is 5.73 Å². The van der Waals surface area contributed by atoms with E-state index >= 15 is 0 Å². The first-order chi connectivity index (χ1) is 13.9. The number of benzene rings is 1. The average Bonchev–Trinajstić information content (AvgIpc) is 3.34. The number of likely N-dealkylation sites (tertiary alicyclic amines) is 1. The van der Waals surface area contributed by atoms with E-state index in [0.29, 0.717) is 34.6 Å². The highest BCUT2D eigenvalue weighted by Crippen LogP contribution is 2.28. The Bertz CT molecular complexity index is 907. The monoisotopic (exact) mass is 459 g/mol. The standard InChI is InChI=1S/C20H27ClFN3O2S2/c21-17-12-19(29(26,27)14-20-24-7-10-28-20)18(22)11-15(17)5-2-1-3-8-25-9-4-6-16(25)13-23/h7,10-12,16H,1-6,8-9,13-14,23H2/t16-/m1/s1. The zero-order valence-electron chi connectivity index (χ0n) is 16.3. The number of aromatic nitrogens is 1. The Morgan fingerprint density at radius 2 is 2.14 bits per heavy atom. The summed E-state index contributed by atoms with van der Waals surface area (Å²) in [6, 6.07) is 3.02. The number of nitrogens with two attached hydrogens (primary N) is 1. The molecule has 0 spiro atoms. The van der Waals surface area contributed by atoms with Crippen molar-refractivity contribution < 1.29 is 12.8 Å². The molecule has 0 unspecified atom stereocenters. The lowest BCUT2D eigenvalue weighted by atomic mass is 10.1. The van der Waals surface area contributed by atoms with Crippen molar-refractivity contribution in [3.05, 3.63) is 45.1 Å². The lowest BCUT2D eigenvalue weighted by Crippen LogP contribution is -2.35. The Morgan fingerprint density at radius 1 is 1.31 bits per heavy atom. The number of unbranched alkanes of at least 4 members (excludes halogenated alkanes) is 2. The SMILES string of the molecule is NC[C@H]1CCCN1CCCCCc1cc(F)c(S(=O)(=O)Cc2nccs2)cc1Cl. The zero-order valence-corrected chi connectivity index (χ0v) is 18.7. The number of halogens is 2. The van der Waals surface area contributed by atoms with E-state index in [1.165, 1.54) is 42.5 Å². The first kappa shape index (κ1) is 22.6. The Labute approximate surface area is 181 Å². The lowest BCUT2D eigenvalue weighted by Gasteiger charge is -2.22. The van der Waals surface area contributed by atoms with Gasteiger partial charge in [0.2, 0.25) is 0 Å². The van der Waals surface area contributed by atoms with Gasteiger partial charge in [-0.05, 0) is 62.9 Å². The van der Waals surface area contributed by atoms with E-state index in [1.807, 2.05) is 0 Å². The van der Waals surface area contributed by atoms with Crippen LogP contribution in [0.2, 0.25) is 5.02 Å². The predicted octanol–water partition coefficient (Wildman–Crippen LogP) is 4.05. The molecule has 9 heteroatoms. The third-order valence-electron chi connectivity index (χ3n) is 5.40. The van der Waals surface area contributed by atoms with Crippen molar-refractivity contribution in [2.75, 3.05) is 19.6 Å². The van der Waals surface area contributed by atoms with Crippen LogP contribution in [0.4, 0.5) is 4.39 Å². The summed E-state index contributed by atoms with van der Waals surface area (Å²) >= 11 is 7.51. The van der Waals surface area contributed by atoms with Gasteiger partial charge in [-0.2, -0.15) is 0 Å². The van der Waals surface area contributed by atoms with Crippen LogP contribution in [-0.2, 0) is 22.0 Å². The van der Waals surface area contributed by atoms with Gasteiger partial charge >= 0.3 is 0 Å².